The molecule has 1 amide bonds. The molecule has 0 fully saturated rings. The molecule has 0 aliphatic heterocycles. The fourth-order valence-electron chi connectivity index (χ4n) is 1.52. The Morgan fingerprint density at radius 3 is 2.55 bits per heavy atom. The molecule has 0 saturated carbocycles. The van der Waals surface area contributed by atoms with Crippen molar-refractivity contribution in [2.75, 3.05) is 19.0 Å². The van der Waals surface area contributed by atoms with E-state index in [0.29, 0.717) is 12.8 Å². The SMILES string of the molecule is COC(C)(C)CC(=O)Nc1ccc(C#CCCO)cc1. The highest BCUT2D eigenvalue weighted by atomic mass is 16.5. The molecule has 0 aliphatic carbocycles. The number of aliphatic hydroxyl groups excluding tert-OH is 1. The molecule has 0 radical (unpaired) electrons. The number of carbonyl (C=O) groups excluding carboxylic acids is 1. The summed E-state index contributed by atoms with van der Waals surface area (Å²) in [5, 5.41) is 11.5. The number of hydrogen-bond donors (Lipinski definition) is 2. The van der Waals surface area contributed by atoms with Gasteiger partial charge >= 0.3 is 0 Å². The molecule has 0 saturated heterocycles. The maximum atomic E-state index is 11.8. The second-order valence-electron chi connectivity index (χ2n) is 5.04. The zero-order chi connectivity index (χ0) is 15.0. The zero-order valence-corrected chi connectivity index (χ0v) is 12.2. The molecular formula is C16H21NO3. The van der Waals surface area contributed by atoms with Crippen molar-refractivity contribution in [3.05, 3.63) is 29.8 Å². The Hall–Kier alpha value is -1.83. The molecule has 0 spiro atoms. The average Bonchev–Trinajstić information content (AvgIpc) is 2.40. The van der Waals surface area contributed by atoms with E-state index in [9.17, 15) is 4.79 Å². The van der Waals surface area contributed by atoms with Crippen LogP contribution in [-0.2, 0) is 9.53 Å². The Morgan fingerprint density at radius 2 is 2.00 bits per heavy atom. The molecule has 20 heavy (non-hydrogen) atoms. The van der Waals surface area contributed by atoms with Crippen LogP contribution < -0.4 is 5.32 Å². The van der Waals surface area contributed by atoms with E-state index >= 15 is 0 Å². The summed E-state index contributed by atoms with van der Waals surface area (Å²) in [7, 11) is 1.59. The van der Waals surface area contributed by atoms with Gasteiger partial charge in [0.2, 0.25) is 5.91 Å². The quantitative estimate of drug-likeness (QED) is 0.810. The van der Waals surface area contributed by atoms with Crippen molar-refractivity contribution < 1.29 is 14.6 Å². The minimum atomic E-state index is -0.472. The van der Waals surface area contributed by atoms with Crippen molar-refractivity contribution >= 4 is 11.6 Å². The summed E-state index contributed by atoms with van der Waals surface area (Å²) < 4.78 is 5.22. The van der Waals surface area contributed by atoms with E-state index in [4.69, 9.17) is 9.84 Å². The molecule has 1 aromatic rings. The molecule has 1 rings (SSSR count). The third-order valence-electron chi connectivity index (χ3n) is 2.78. The molecule has 1 aromatic carbocycles. The molecule has 0 unspecified atom stereocenters. The maximum Gasteiger partial charge on any atom is 0.227 e. The molecule has 0 heterocycles. The molecule has 4 nitrogen and oxygen atoms in total. The number of benzene rings is 1. The van der Waals surface area contributed by atoms with Gasteiger partial charge in [0, 0.05) is 24.8 Å². The van der Waals surface area contributed by atoms with Gasteiger partial charge in [-0.15, -0.1) is 0 Å². The van der Waals surface area contributed by atoms with Crippen molar-refractivity contribution in [3.8, 4) is 11.8 Å². The highest BCUT2D eigenvalue weighted by Gasteiger charge is 2.20. The highest BCUT2D eigenvalue weighted by Crippen LogP contribution is 2.15. The van der Waals surface area contributed by atoms with Crippen LogP contribution in [0.3, 0.4) is 0 Å². The second kappa shape index (κ2) is 7.68. The van der Waals surface area contributed by atoms with E-state index in [1.165, 1.54) is 0 Å². The van der Waals surface area contributed by atoms with Crippen LogP contribution in [0.4, 0.5) is 5.69 Å². The normalized spacial score (nSPS) is 10.6. The van der Waals surface area contributed by atoms with Crippen molar-refractivity contribution in [1.82, 2.24) is 0 Å². The van der Waals surface area contributed by atoms with E-state index < -0.39 is 5.60 Å². The summed E-state index contributed by atoms with van der Waals surface area (Å²) in [4.78, 5) is 11.8. The molecule has 0 atom stereocenters. The van der Waals surface area contributed by atoms with E-state index in [2.05, 4.69) is 17.2 Å². The number of nitrogens with one attached hydrogen (secondary N) is 1. The van der Waals surface area contributed by atoms with Crippen LogP contribution in [0.15, 0.2) is 24.3 Å². The molecule has 4 heteroatoms. The summed E-state index contributed by atoms with van der Waals surface area (Å²) in [6.45, 7) is 3.80. The molecule has 0 aliphatic rings. The van der Waals surface area contributed by atoms with Gasteiger partial charge in [-0.2, -0.15) is 0 Å². The minimum absolute atomic E-state index is 0.0659. The first-order valence-corrected chi connectivity index (χ1v) is 6.51. The zero-order valence-electron chi connectivity index (χ0n) is 12.2. The third-order valence-corrected chi connectivity index (χ3v) is 2.78. The standard InChI is InChI=1S/C16H21NO3/c1-16(2,20-3)12-15(19)17-14-9-7-13(8-10-14)6-4-5-11-18/h7-10,18H,5,11-12H2,1-3H3,(H,17,19). The van der Waals surface area contributed by atoms with Gasteiger partial charge < -0.3 is 15.2 Å². The lowest BCUT2D eigenvalue weighted by Gasteiger charge is -2.21. The van der Waals surface area contributed by atoms with Gasteiger partial charge in [-0.25, -0.2) is 0 Å². The predicted octanol–water partition coefficient (Wildman–Crippen LogP) is 2.17. The molecular weight excluding hydrogens is 254 g/mol. The van der Waals surface area contributed by atoms with E-state index in [1.54, 1.807) is 19.2 Å². The van der Waals surface area contributed by atoms with E-state index in [0.717, 1.165) is 11.3 Å². The third kappa shape index (κ3) is 5.87. The summed E-state index contributed by atoms with van der Waals surface area (Å²) in [6, 6.07) is 7.28. The van der Waals surface area contributed by atoms with Crippen molar-refractivity contribution in [2.24, 2.45) is 0 Å². The number of rotatable bonds is 5. The van der Waals surface area contributed by atoms with Crippen LogP contribution in [0.5, 0.6) is 0 Å². The fraction of sp³-hybridized carbons (Fsp3) is 0.438. The maximum absolute atomic E-state index is 11.8. The van der Waals surface area contributed by atoms with Crippen LogP contribution in [0.25, 0.3) is 0 Å². The highest BCUT2D eigenvalue weighted by molar-refractivity contribution is 5.91. The summed E-state index contributed by atoms with van der Waals surface area (Å²) >= 11 is 0. The van der Waals surface area contributed by atoms with Crippen molar-refractivity contribution in [1.29, 1.82) is 0 Å². The minimum Gasteiger partial charge on any atom is -0.395 e. The molecule has 0 bridgehead atoms. The largest absolute Gasteiger partial charge is 0.395 e. The van der Waals surface area contributed by atoms with Gasteiger partial charge in [-0.05, 0) is 38.1 Å². The monoisotopic (exact) mass is 275 g/mol. The van der Waals surface area contributed by atoms with Gasteiger partial charge in [0.15, 0.2) is 0 Å². The van der Waals surface area contributed by atoms with Crippen LogP contribution in [0.2, 0.25) is 0 Å². The summed E-state index contributed by atoms with van der Waals surface area (Å²) in [6.07, 6.45) is 0.756. The Morgan fingerprint density at radius 1 is 1.35 bits per heavy atom. The lowest BCUT2D eigenvalue weighted by Crippen LogP contribution is -2.29. The summed E-state index contributed by atoms with van der Waals surface area (Å²) in [5.41, 5.74) is 1.11. The number of ether oxygens (including phenoxy) is 1. The number of amides is 1. The lowest BCUT2D eigenvalue weighted by molar-refractivity contribution is -0.121. The van der Waals surface area contributed by atoms with Crippen molar-refractivity contribution in [2.45, 2.75) is 32.3 Å². The Labute approximate surface area is 120 Å². The van der Waals surface area contributed by atoms with Crippen LogP contribution in [0.1, 0.15) is 32.3 Å². The van der Waals surface area contributed by atoms with Crippen LogP contribution in [0, 0.1) is 11.8 Å². The summed E-state index contributed by atoms with van der Waals surface area (Å²) in [5.74, 6) is 5.69. The number of anilines is 1. The molecule has 0 aromatic heterocycles. The fourth-order valence-corrected chi connectivity index (χ4v) is 1.52. The average molecular weight is 275 g/mol. The van der Waals surface area contributed by atoms with Crippen molar-refractivity contribution in [3.63, 3.8) is 0 Å². The number of aliphatic hydroxyl groups is 1. The number of carbonyl (C=O) groups is 1. The Balaban J connectivity index is 2.58. The molecule has 108 valence electrons. The van der Waals surface area contributed by atoms with Gasteiger partial charge in [-0.3, -0.25) is 4.79 Å². The smallest absolute Gasteiger partial charge is 0.227 e. The van der Waals surface area contributed by atoms with Crippen LogP contribution >= 0.6 is 0 Å². The van der Waals surface area contributed by atoms with Gasteiger partial charge in [0.1, 0.15) is 0 Å². The first-order chi connectivity index (χ1) is 9.46. The van der Waals surface area contributed by atoms with Gasteiger partial charge in [0.25, 0.3) is 0 Å². The molecule has 2 N–H and O–H groups in total. The first kappa shape index (κ1) is 16.2. The Bertz CT molecular complexity index is 495. The van der Waals surface area contributed by atoms with E-state index in [1.807, 2.05) is 26.0 Å². The topological polar surface area (TPSA) is 58.6 Å². The van der Waals surface area contributed by atoms with Crippen LogP contribution in [-0.4, -0.2) is 30.3 Å². The lowest BCUT2D eigenvalue weighted by atomic mass is 10.0. The number of hydrogen-bond acceptors (Lipinski definition) is 3. The number of methoxy groups -OCH3 is 1. The predicted molar refractivity (Wildman–Crippen MR) is 79.4 cm³/mol. The van der Waals surface area contributed by atoms with Gasteiger partial charge in [0.05, 0.1) is 18.6 Å². The van der Waals surface area contributed by atoms with E-state index in [-0.39, 0.29) is 12.5 Å². The van der Waals surface area contributed by atoms with Gasteiger partial charge in [-0.1, -0.05) is 11.8 Å². The Kier molecular flexibility index (Phi) is 6.23. The second-order valence-corrected chi connectivity index (χ2v) is 5.04. The first-order valence-electron chi connectivity index (χ1n) is 6.51.